The van der Waals surface area contributed by atoms with E-state index in [0.29, 0.717) is 25.1 Å². The molecular weight excluding hydrogens is 730 g/mol. The molecule has 0 aromatic carbocycles. The van der Waals surface area contributed by atoms with Gasteiger partial charge in [0.15, 0.2) is 0 Å². The van der Waals surface area contributed by atoms with Crippen molar-refractivity contribution >= 4 is 59.1 Å². The largest absolute Gasteiger partial charge is 0.480 e. The van der Waals surface area contributed by atoms with Crippen LogP contribution in [0.2, 0.25) is 0 Å². The summed E-state index contributed by atoms with van der Waals surface area (Å²) in [7, 11) is 0. The normalized spacial score (nSPS) is 15.5. The van der Waals surface area contributed by atoms with Crippen LogP contribution in [0.1, 0.15) is 46.5 Å². The summed E-state index contributed by atoms with van der Waals surface area (Å²) >= 11 is 0. The van der Waals surface area contributed by atoms with Gasteiger partial charge in [0.05, 0.1) is 44.9 Å². The van der Waals surface area contributed by atoms with Crippen molar-refractivity contribution in [2.45, 2.75) is 76.7 Å². The Kier molecular flexibility index (Phi) is 21.0. The minimum atomic E-state index is -1.32. The summed E-state index contributed by atoms with van der Waals surface area (Å²) < 4.78 is 0. The van der Waals surface area contributed by atoms with Gasteiger partial charge in [0.2, 0.25) is 53.2 Å². The number of carbonyl (C=O) groups is 10. The fourth-order valence-electron chi connectivity index (χ4n) is 4.89. The van der Waals surface area contributed by atoms with Crippen LogP contribution in [0.3, 0.4) is 0 Å². The number of carbonyl (C=O) groups excluding carboxylic acids is 9. The Morgan fingerprint density at radius 2 is 1.25 bits per heavy atom. The lowest BCUT2D eigenvalue weighted by Crippen LogP contribution is -2.54. The molecule has 1 saturated heterocycles. The molecule has 5 atom stereocenters. The van der Waals surface area contributed by atoms with Crippen LogP contribution < -0.4 is 53.6 Å². The molecule has 0 saturated carbocycles. The van der Waals surface area contributed by atoms with Crippen molar-refractivity contribution in [2.75, 3.05) is 52.4 Å². The van der Waals surface area contributed by atoms with Crippen molar-refractivity contribution in [1.82, 2.24) is 52.8 Å². The van der Waals surface area contributed by atoms with E-state index in [9.17, 15) is 53.1 Å². The Morgan fingerprint density at radius 3 is 1.84 bits per heavy atom. The van der Waals surface area contributed by atoms with Gasteiger partial charge >= 0.3 is 5.97 Å². The molecule has 0 aromatic heterocycles. The molecule has 23 heteroatoms. The second kappa shape index (κ2) is 24.5. The van der Waals surface area contributed by atoms with E-state index in [1.54, 1.807) is 0 Å². The van der Waals surface area contributed by atoms with Gasteiger partial charge in [-0.05, 0) is 40.0 Å². The fourth-order valence-corrected chi connectivity index (χ4v) is 4.89. The Labute approximate surface area is 317 Å². The smallest absolute Gasteiger partial charge is 0.322 e. The first-order chi connectivity index (χ1) is 25.8. The molecule has 0 radical (unpaired) electrons. The zero-order valence-corrected chi connectivity index (χ0v) is 31.1. The highest BCUT2D eigenvalue weighted by molar-refractivity contribution is 5.95. The van der Waals surface area contributed by atoms with Crippen LogP contribution in [0.5, 0.6) is 0 Å². The second-order valence-corrected chi connectivity index (χ2v) is 12.6. The number of aliphatic hydroxyl groups is 1. The van der Waals surface area contributed by atoms with Gasteiger partial charge in [0, 0.05) is 25.2 Å². The quantitative estimate of drug-likeness (QED) is 0.0410. The van der Waals surface area contributed by atoms with E-state index >= 15 is 0 Å². The number of rotatable bonds is 25. The minimum Gasteiger partial charge on any atom is -0.480 e. The number of carboxylic acids is 1. The van der Waals surface area contributed by atoms with Crippen LogP contribution in [-0.4, -0.2) is 157 Å². The predicted octanol–water partition coefficient (Wildman–Crippen LogP) is -6.64. The second-order valence-electron chi connectivity index (χ2n) is 12.6. The monoisotopic (exact) mass is 783 g/mol. The zero-order valence-electron chi connectivity index (χ0n) is 31.1. The average Bonchev–Trinajstić information content (AvgIpc) is 3.61. The number of carboxylic acid groups (broad SMARTS) is 1. The fraction of sp³-hybridized carbons (Fsp3) is 0.625. The number of aliphatic hydroxyl groups excluding tert-OH is 1. The van der Waals surface area contributed by atoms with Crippen LogP contribution >= 0.6 is 0 Å². The van der Waals surface area contributed by atoms with Gasteiger partial charge in [-0.1, -0.05) is 6.58 Å². The maximum atomic E-state index is 12.7. The summed E-state index contributed by atoms with van der Waals surface area (Å²) in [4.78, 5) is 123. The van der Waals surface area contributed by atoms with E-state index in [1.165, 1.54) is 25.7 Å². The molecule has 0 spiro atoms. The maximum Gasteiger partial charge on any atom is 0.322 e. The van der Waals surface area contributed by atoms with Crippen LogP contribution in [0, 0.1) is 0 Å². The lowest BCUT2D eigenvalue weighted by molar-refractivity contribution is -0.136. The van der Waals surface area contributed by atoms with Gasteiger partial charge in [0.1, 0.15) is 24.7 Å². The molecule has 4 unspecified atom stereocenters. The third-order valence-electron chi connectivity index (χ3n) is 7.75. The van der Waals surface area contributed by atoms with Crippen molar-refractivity contribution in [1.29, 1.82) is 0 Å². The van der Waals surface area contributed by atoms with Crippen LogP contribution in [0.25, 0.3) is 0 Å². The third-order valence-corrected chi connectivity index (χ3v) is 7.75. The van der Waals surface area contributed by atoms with E-state index in [4.69, 9.17) is 10.8 Å². The van der Waals surface area contributed by atoms with Crippen molar-refractivity contribution in [3.8, 4) is 0 Å². The summed E-state index contributed by atoms with van der Waals surface area (Å²) in [5.41, 5.74) is 5.53. The van der Waals surface area contributed by atoms with Gasteiger partial charge in [-0.2, -0.15) is 0 Å². The molecular formula is C32H53N11O12. The minimum absolute atomic E-state index is 0.144. The van der Waals surface area contributed by atoms with E-state index in [0.717, 1.165) is 0 Å². The molecule has 1 aliphatic rings. The highest BCUT2D eigenvalue weighted by Crippen LogP contribution is 2.21. The molecule has 55 heavy (non-hydrogen) atoms. The van der Waals surface area contributed by atoms with Crippen LogP contribution in [0.4, 0.5) is 0 Å². The number of primary amides is 1. The Hall–Kier alpha value is -5.84. The third kappa shape index (κ3) is 19.7. The summed E-state index contributed by atoms with van der Waals surface area (Å²) in [6.07, 6.45) is 0.0224. The van der Waals surface area contributed by atoms with Crippen molar-refractivity contribution in [2.24, 2.45) is 5.73 Å². The van der Waals surface area contributed by atoms with Crippen molar-refractivity contribution in [3.05, 3.63) is 12.3 Å². The van der Waals surface area contributed by atoms with Gasteiger partial charge in [0.25, 0.3) is 0 Å². The van der Waals surface area contributed by atoms with E-state index < -0.39 is 109 Å². The van der Waals surface area contributed by atoms with Gasteiger partial charge in [-0.15, -0.1) is 0 Å². The molecule has 0 aromatic rings. The molecule has 1 aliphatic heterocycles. The topological polar surface area (TPSA) is 349 Å². The molecule has 1 heterocycles. The predicted molar refractivity (Wildman–Crippen MR) is 192 cm³/mol. The zero-order chi connectivity index (χ0) is 41.7. The summed E-state index contributed by atoms with van der Waals surface area (Å²) in [5, 5.41) is 39.7. The first-order valence-electron chi connectivity index (χ1n) is 17.4. The first kappa shape index (κ1) is 47.2. The number of hydrogen-bond donors (Lipinski definition) is 12. The van der Waals surface area contributed by atoms with Gasteiger partial charge in [-0.3, -0.25) is 47.9 Å². The SMILES string of the molecule is C=C(NCC(=O)O)C1CCCN1C(=O)CNC(=O)C(C)NC(=O)CNC(=O)CNC(=O)CNC(=O)C(CCC(N)=O)NC(=O)[C@H](C)NC(=O)CNCC(C)O. The van der Waals surface area contributed by atoms with E-state index in [-0.39, 0.29) is 39.0 Å². The standard InChI is InChI=1S/C32H53N11O12/c1-17(44)10-34-11-26(48)41-20(4)31(54)42-21(7-8-23(33)45)32(55)38-13-25(47)36-12-24(46)37-14-27(49)40-19(3)30(53)39-15-28(50)43-9-5-6-22(43)18(2)35-16-29(51)52/h17,19-22,34-35,44H,2,5-16H2,1,3-4H3,(H2,33,45)(H,36,47)(H,37,46)(H,38,55)(H,39,53)(H,40,49)(H,41,48)(H,42,54)(H,51,52)/t17?,19?,20-,21?,22?/m0/s1. The van der Waals surface area contributed by atoms with E-state index in [2.05, 4.69) is 54.4 Å². The number of nitrogens with zero attached hydrogens (tertiary/aromatic N) is 1. The Morgan fingerprint density at radius 1 is 0.709 bits per heavy atom. The first-order valence-corrected chi connectivity index (χ1v) is 17.4. The number of nitrogens with two attached hydrogens (primary N) is 1. The molecule has 13 N–H and O–H groups in total. The average molecular weight is 784 g/mol. The number of hydrogen-bond acceptors (Lipinski definition) is 13. The van der Waals surface area contributed by atoms with Crippen molar-refractivity contribution in [3.63, 3.8) is 0 Å². The Bertz CT molecular complexity index is 1440. The summed E-state index contributed by atoms with van der Waals surface area (Å²) in [5.74, 6) is -7.51. The number of nitrogens with one attached hydrogen (secondary N) is 9. The molecule has 23 nitrogen and oxygen atoms in total. The molecule has 9 amide bonds. The molecule has 0 bridgehead atoms. The molecule has 0 aliphatic carbocycles. The maximum absolute atomic E-state index is 12.7. The van der Waals surface area contributed by atoms with E-state index in [1.807, 2.05) is 0 Å². The number of likely N-dealkylation sites (tertiary alicyclic amines) is 1. The van der Waals surface area contributed by atoms with Crippen LogP contribution in [-0.2, 0) is 47.9 Å². The number of aliphatic carboxylic acids is 1. The Balaban J connectivity index is 2.45. The molecule has 1 fully saturated rings. The molecule has 1 rings (SSSR count). The summed E-state index contributed by atoms with van der Waals surface area (Å²) in [6.45, 7) is 5.83. The lowest BCUT2D eigenvalue weighted by atomic mass is 10.1. The highest BCUT2D eigenvalue weighted by Gasteiger charge is 2.31. The summed E-state index contributed by atoms with van der Waals surface area (Å²) in [6, 6.07) is -3.94. The van der Waals surface area contributed by atoms with Gasteiger partial charge < -0.3 is 68.7 Å². The van der Waals surface area contributed by atoms with Crippen molar-refractivity contribution < 1.29 is 58.2 Å². The highest BCUT2D eigenvalue weighted by atomic mass is 16.4. The number of amides is 9. The lowest BCUT2D eigenvalue weighted by Gasteiger charge is -2.27. The van der Waals surface area contributed by atoms with Gasteiger partial charge in [-0.25, -0.2) is 0 Å². The molecule has 308 valence electrons. The van der Waals surface area contributed by atoms with Crippen LogP contribution in [0.15, 0.2) is 12.3 Å².